The molecular weight excluding hydrogens is 320 g/mol. The van der Waals surface area contributed by atoms with Crippen LogP contribution < -0.4 is 0 Å². The molecule has 0 fully saturated rings. The highest BCUT2D eigenvalue weighted by atomic mass is 32.1. The van der Waals surface area contributed by atoms with E-state index in [2.05, 4.69) is 48.9 Å². The smallest absolute Gasteiger partial charge is 0.0472 e. The lowest BCUT2D eigenvalue weighted by atomic mass is 10.2. The Morgan fingerprint density at radius 2 is 1.15 bits per heavy atom. The summed E-state index contributed by atoms with van der Waals surface area (Å²) in [6.45, 7) is 4.39. The van der Waals surface area contributed by atoms with Crippen LogP contribution in [0.2, 0.25) is 0 Å². The van der Waals surface area contributed by atoms with Crippen LogP contribution in [0.3, 0.4) is 0 Å². The van der Waals surface area contributed by atoms with Gasteiger partial charge in [-0.1, -0.05) is 0 Å². The van der Waals surface area contributed by atoms with Crippen molar-refractivity contribution in [2.75, 3.05) is 0 Å². The third-order valence-electron chi connectivity index (χ3n) is 3.38. The molecule has 0 N–H and O–H groups in total. The molecule has 20 heavy (non-hydrogen) atoms. The molecule has 0 radical (unpaired) electrons. The van der Waals surface area contributed by atoms with Crippen LogP contribution in [-0.2, 0) is 0 Å². The molecule has 4 heterocycles. The summed E-state index contributed by atoms with van der Waals surface area (Å²) in [5.41, 5.74) is 2.77. The molecule has 0 spiro atoms. The summed E-state index contributed by atoms with van der Waals surface area (Å²) in [5, 5.41) is 4.36. The van der Waals surface area contributed by atoms with Gasteiger partial charge in [0.1, 0.15) is 0 Å². The lowest BCUT2D eigenvalue weighted by molar-refractivity contribution is 1.56. The zero-order valence-corrected chi connectivity index (χ0v) is 14.4. The van der Waals surface area contributed by atoms with Crippen molar-refractivity contribution < 1.29 is 0 Å². The highest BCUT2D eigenvalue weighted by molar-refractivity contribution is 7.33. The first-order chi connectivity index (χ1) is 9.72. The molecular formula is C16H12S4. The maximum absolute atomic E-state index is 2.36. The largest absolute Gasteiger partial charge is 0.143 e. The van der Waals surface area contributed by atoms with Crippen LogP contribution in [0.1, 0.15) is 11.1 Å². The molecule has 0 saturated carbocycles. The molecule has 0 aliphatic rings. The van der Waals surface area contributed by atoms with E-state index in [4.69, 9.17) is 0 Å². The van der Waals surface area contributed by atoms with E-state index in [0.717, 1.165) is 0 Å². The Kier molecular flexibility index (Phi) is 3.07. The minimum absolute atomic E-state index is 1.39. The summed E-state index contributed by atoms with van der Waals surface area (Å²) in [6, 6.07) is 9.12. The van der Waals surface area contributed by atoms with Gasteiger partial charge in [-0.05, 0) is 60.0 Å². The molecule has 0 aliphatic carbocycles. The zero-order valence-electron chi connectivity index (χ0n) is 11.1. The molecule has 0 bridgehead atoms. The lowest BCUT2D eigenvalue weighted by Gasteiger charge is -1.94. The van der Waals surface area contributed by atoms with Crippen molar-refractivity contribution in [3.8, 4) is 19.5 Å². The Hall–Kier alpha value is -0.940. The lowest BCUT2D eigenvalue weighted by Crippen LogP contribution is -1.68. The fourth-order valence-corrected chi connectivity index (χ4v) is 6.93. The third-order valence-corrected chi connectivity index (χ3v) is 8.07. The molecule has 0 unspecified atom stereocenters. The van der Waals surface area contributed by atoms with Crippen molar-refractivity contribution in [2.45, 2.75) is 13.8 Å². The van der Waals surface area contributed by atoms with E-state index in [1.165, 1.54) is 40.0 Å². The first-order valence-corrected chi connectivity index (χ1v) is 9.74. The highest BCUT2D eigenvalue weighted by Gasteiger charge is 2.13. The van der Waals surface area contributed by atoms with Gasteiger partial charge in [0.25, 0.3) is 0 Å². The standard InChI is InChI=1S/C16H12S4/c1-9-3-5-17-15(9)13-7-11-12(19-13)8-14(20-11)16-10(2)4-6-18-16/h3-8H,1-2H3. The van der Waals surface area contributed by atoms with Crippen molar-refractivity contribution in [1.82, 2.24) is 0 Å². The number of hydrogen-bond acceptors (Lipinski definition) is 4. The van der Waals surface area contributed by atoms with Gasteiger partial charge < -0.3 is 0 Å². The van der Waals surface area contributed by atoms with Crippen LogP contribution in [-0.4, -0.2) is 0 Å². The second-order valence-corrected chi connectivity index (χ2v) is 8.82. The molecule has 4 rings (SSSR count). The van der Waals surface area contributed by atoms with Crippen LogP contribution in [0, 0.1) is 13.8 Å². The maximum Gasteiger partial charge on any atom is 0.0472 e. The zero-order chi connectivity index (χ0) is 13.7. The highest BCUT2D eigenvalue weighted by Crippen LogP contribution is 2.45. The number of fused-ring (bicyclic) bond motifs is 1. The van der Waals surface area contributed by atoms with Crippen molar-refractivity contribution in [1.29, 1.82) is 0 Å². The van der Waals surface area contributed by atoms with Crippen molar-refractivity contribution in [3.63, 3.8) is 0 Å². The second-order valence-electron chi connectivity index (χ2n) is 4.82. The summed E-state index contributed by atoms with van der Waals surface area (Å²) in [4.78, 5) is 5.67. The Morgan fingerprint density at radius 1 is 0.700 bits per heavy atom. The molecule has 0 amide bonds. The fraction of sp³-hybridized carbons (Fsp3) is 0.125. The van der Waals surface area contributed by atoms with Gasteiger partial charge in [-0.25, -0.2) is 0 Å². The van der Waals surface area contributed by atoms with Crippen LogP contribution in [0.15, 0.2) is 35.0 Å². The van der Waals surface area contributed by atoms with Crippen molar-refractivity contribution in [3.05, 3.63) is 46.2 Å². The predicted molar refractivity (Wildman–Crippen MR) is 95.8 cm³/mol. The maximum atomic E-state index is 2.36. The molecule has 0 aliphatic heterocycles. The first-order valence-electron chi connectivity index (χ1n) is 6.34. The second kappa shape index (κ2) is 4.81. The van der Waals surface area contributed by atoms with Gasteiger partial charge in [0.2, 0.25) is 0 Å². The topological polar surface area (TPSA) is 0 Å². The quantitative estimate of drug-likeness (QED) is 0.369. The molecule has 0 saturated heterocycles. The normalized spacial score (nSPS) is 11.5. The van der Waals surface area contributed by atoms with Crippen molar-refractivity contribution >= 4 is 54.7 Å². The number of rotatable bonds is 2. The number of thiophene rings is 4. The number of aryl methyl sites for hydroxylation is 2. The van der Waals surface area contributed by atoms with E-state index >= 15 is 0 Å². The fourth-order valence-electron chi connectivity index (χ4n) is 2.31. The summed E-state index contributed by atoms with van der Waals surface area (Å²) in [5.74, 6) is 0. The molecule has 4 heteroatoms. The summed E-state index contributed by atoms with van der Waals surface area (Å²) in [6.07, 6.45) is 0. The predicted octanol–water partition coefficient (Wildman–Crippen LogP) is 7.04. The van der Waals surface area contributed by atoms with E-state index in [-0.39, 0.29) is 0 Å². The van der Waals surface area contributed by atoms with Gasteiger partial charge >= 0.3 is 0 Å². The molecule has 4 aromatic rings. The Labute approximate surface area is 134 Å². The SMILES string of the molecule is Cc1ccsc1-c1cc2sc(-c3sccc3C)cc2s1. The monoisotopic (exact) mass is 332 g/mol. The molecule has 100 valence electrons. The van der Waals surface area contributed by atoms with Gasteiger partial charge in [0.15, 0.2) is 0 Å². The van der Waals surface area contributed by atoms with Gasteiger partial charge in [0, 0.05) is 28.9 Å². The average Bonchev–Trinajstić information content (AvgIpc) is 3.10. The minimum Gasteiger partial charge on any atom is -0.143 e. The Bertz CT molecular complexity index is 783. The Morgan fingerprint density at radius 3 is 1.50 bits per heavy atom. The average molecular weight is 333 g/mol. The van der Waals surface area contributed by atoms with Crippen LogP contribution in [0.4, 0.5) is 0 Å². The minimum atomic E-state index is 1.39. The van der Waals surface area contributed by atoms with Gasteiger partial charge in [-0.2, -0.15) is 0 Å². The molecule has 0 atom stereocenters. The van der Waals surface area contributed by atoms with Crippen molar-refractivity contribution in [2.24, 2.45) is 0 Å². The van der Waals surface area contributed by atoms with Crippen LogP contribution in [0.5, 0.6) is 0 Å². The van der Waals surface area contributed by atoms with Gasteiger partial charge in [-0.3, -0.25) is 0 Å². The molecule has 0 aromatic carbocycles. The summed E-state index contributed by atoms with van der Waals surface area (Å²) >= 11 is 7.52. The van der Waals surface area contributed by atoms with E-state index in [1.54, 1.807) is 0 Å². The van der Waals surface area contributed by atoms with Crippen LogP contribution >= 0.6 is 45.3 Å². The van der Waals surface area contributed by atoms with E-state index in [9.17, 15) is 0 Å². The molecule has 4 aromatic heterocycles. The van der Waals surface area contributed by atoms with Gasteiger partial charge in [-0.15, -0.1) is 45.3 Å². The first kappa shape index (κ1) is 12.8. The van der Waals surface area contributed by atoms with E-state index < -0.39 is 0 Å². The third kappa shape index (κ3) is 1.99. The summed E-state index contributed by atoms with van der Waals surface area (Å²) < 4.78 is 2.83. The Balaban J connectivity index is 1.82. The van der Waals surface area contributed by atoms with Crippen LogP contribution in [0.25, 0.3) is 28.9 Å². The summed E-state index contributed by atoms with van der Waals surface area (Å²) in [7, 11) is 0. The number of hydrogen-bond donors (Lipinski definition) is 0. The molecule has 0 nitrogen and oxygen atoms in total. The van der Waals surface area contributed by atoms with Gasteiger partial charge in [0.05, 0.1) is 0 Å². The van der Waals surface area contributed by atoms with E-state index in [0.29, 0.717) is 0 Å². The van der Waals surface area contributed by atoms with E-state index in [1.807, 2.05) is 45.3 Å².